The molecule has 1 atom stereocenters. The predicted octanol–water partition coefficient (Wildman–Crippen LogP) is 4.10. The van der Waals surface area contributed by atoms with Crippen molar-refractivity contribution in [3.05, 3.63) is 59.2 Å². The largest absolute Gasteiger partial charge is 0.496 e. The summed E-state index contributed by atoms with van der Waals surface area (Å²) in [7, 11) is 1.56. The van der Waals surface area contributed by atoms with Crippen molar-refractivity contribution < 1.29 is 23.0 Å². The Balaban J connectivity index is 2.16. The van der Waals surface area contributed by atoms with Crippen LogP contribution in [0.25, 0.3) is 0 Å². The maximum atomic E-state index is 12.4. The molecule has 0 aliphatic carbocycles. The number of aryl methyl sites for hydroxylation is 1. The van der Waals surface area contributed by atoms with Crippen LogP contribution in [0.4, 0.5) is 8.78 Å². The maximum Gasteiger partial charge on any atom is 0.387 e. The Kier molecular flexibility index (Phi) is 5.73. The van der Waals surface area contributed by atoms with Gasteiger partial charge in [-0.2, -0.15) is 8.78 Å². The van der Waals surface area contributed by atoms with E-state index < -0.39 is 6.61 Å². The lowest BCUT2D eigenvalue weighted by Crippen LogP contribution is -2.27. The molecule has 6 heteroatoms. The molecular weight excluding hydrogens is 316 g/mol. The summed E-state index contributed by atoms with van der Waals surface area (Å²) >= 11 is 0. The first-order valence-electron chi connectivity index (χ1n) is 7.41. The van der Waals surface area contributed by atoms with Gasteiger partial charge >= 0.3 is 6.61 Å². The summed E-state index contributed by atoms with van der Waals surface area (Å²) in [6, 6.07) is 11.1. The van der Waals surface area contributed by atoms with Crippen LogP contribution in [0.5, 0.6) is 11.5 Å². The topological polar surface area (TPSA) is 47.6 Å². The number of alkyl halides is 2. The summed E-state index contributed by atoms with van der Waals surface area (Å²) in [5.41, 5.74) is 2.12. The van der Waals surface area contributed by atoms with Gasteiger partial charge < -0.3 is 14.8 Å². The Bertz CT molecular complexity index is 719. The Labute approximate surface area is 139 Å². The van der Waals surface area contributed by atoms with Crippen LogP contribution in [-0.2, 0) is 0 Å². The smallest absolute Gasteiger partial charge is 0.387 e. The van der Waals surface area contributed by atoms with Crippen LogP contribution < -0.4 is 14.8 Å². The number of methoxy groups -OCH3 is 1. The lowest BCUT2D eigenvalue weighted by molar-refractivity contribution is -0.0498. The Morgan fingerprint density at radius 1 is 1.17 bits per heavy atom. The highest BCUT2D eigenvalue weighted by Gasteiger charge is 2.16. The van der Waals surface area contributed by atoms with Crippen LogP contribution >= 0.6 is 0 Å². The van der Waals surface area contributed by atoms with Crippen molar-refractivity contribution in [1.29, 1.82) is 0 Å². The number of carbonyl (C=O) groups excluding carboxylic acids is 1. The summed E-state index contributed by atoms with van der Waals surface area (Å²) in [5.74, 6) is 0.229. The van der Waals surface area contributed by atoms with E-state index >= 15 is 0 Å². The molecule has 0 saturated carbocycles. The summed E-state index contributed by atoms with van der Waals surface area (Å²) in [5, 5.41) is 2.83. The molecule has 0 aliphatic rings. The summed E-state index contributed by atoms with van der Waals surface area (Å²) in [6.45, 7) is 0.843. The van der Waals surface area contributed by atoms with Gasteiger partial charge in [-0.25, -0.2) is 0 Å². The normalized spacial score (nSPS) is 11.9. The number of nitrogens with one attached hydrogen (secondary N) is 1. The fraction of sp³-hybridized carbons (Fsp3) is 0.278. The van der Waals surface area contributed by atoms with Gasteiger partial charge in [-0.3, -0.25) is 4.79 Å². The zero-order valence-electron chi connectivity index (χ0n) is 13.7. The lowest BCUT2D eigenvalue weighted by Gasteiger charge is -2.18. The Morgan fingerprint density at radius 2 is 1.92 bits per heavy atom. The van der Waals surface area contributed by atoms with Crippen molar-refractivity contribution in [1.82, 2.24) is 5.32 Å². The van der Waals surface area contributed by atoms with Crippen molar-refractivity contribution in [2.75, 3.05) is 7.11 Å². The first kappa shape index (κ1) is 17.7. The van der Waals surface area contributed by atoms with E-state index in [4.69, 9.17) is 4.74 Å². The van der Waals surface area contributed by atoms with Gasteiger partial charge in [0, 0.05) is 11.1 Å². The molecule has 2 aromatic rings. The third-order valence-electron chi connectivity index (χ3n) is 3.52. The molecule has 4 nitrogen and oxygen atoms in total. The van der Waals surface area contributed by atoms with Crippen molar-refractivity contribution in [3.63, 3.8) is 0 Å². The number of benzene rings is 2. The van der Waals surface area contributed by atoms with Gasteiger partial charge in [-0.1, -0.05) is 23.8 Å². The van der Waals surface area contributed by atoms with E-state index in [2.05, 4.69) is 10.1 Å². The van der Waals surface area contributed by atoms with E-state index in [-0.39, 0.29) is 23.3 Å². The molecule has 0 spiro atoms. The molecule has 0 radical (unpaired) electrons. The molecule has 0 heterocycles. The van der Waals surface area contributed by atoms with Crippen LogP contribution in [0, 0.1) is 6.92 Å². The fourth-order valence-corrected chi connectivity index (χ4v) is 2.36. The third-order valence-corrected chi connectivity index (χ3v) is 3.52. The highest BCUT2D eigenvalue weighted by Crippen LogP contribution is 2.26. The van der Waals surface area contributed by atoms with Gasteiger partial charge in [0.05, 0.1) is 13.2 Å². The number of hydrogen-bond donors (Lipinski definition) is 1. The first-order valence-corrected chi connectivity index (χ1v) is 7.41. The average molecular weight is 335 g/mol. The standard InChI is InChI=1S/C18H19F2NO3/c1-11-7-8-16(23-3)15(9-11)12(2)21-17(22)13-5-4-6-14(10-13)24-18(19)20/h4-10,12,18H,1-3H3,(H,21,22). The van der Waals surface area contributed by atoms with Crippen LogP contribution in [0.1, 0.15) is 34.5 Å². The number of amides is 1. The van der Waals surface area contributed by atoms with E-state index in [9.17, 15) is 13.6 Å². The van der Waals surface area contributed by atoms with Gasteiger partial charge in [0.2, 0.25) is 0 Å². The SMILES string of the molecule is COc1ccc(C)cc1C(C)NC(=O)c1cccc(OC(F)F)c1. The van der Waals surface area contributed by atoms with Crippen LogP contribution in [0.15, 0.2) is 42.5 Å². The van der Waals surface area contributed by atoms with Gasteiger partial charge in [-0.15, -0.1) is 0 Å². The summed E-state index contributed by atoms with van der Waals surface area (Å²) in [4.78, 5) is 12.4. The number of ether oxygens (including phenoxy) is 2. The maximum absolute atomic E-state index is 12.4. The molecule has 1 unspecified atom stereocenters. The predicted molar refractivity (Wildman–Crippen MR) is 86.7 cm³/mol. The second-order valence-electron chi connectivity index (χ2n) is 5.35. The molecule has 1 amide bonds. The zero-order chi connectivity index (χ0) is 17.7. The second-order valence-corrected chi connectivity index (χ2v) is 5.35. The zero-order valence-corrected chi connectivity index (χ0v) is 13.7. The van der Waals surface area contributed by atoms with Crippen LogP contribution in [0.3, 0.4) is 0 Å². The summed E-state index contributed by atoms with van der Waals surface area (Å²) in [6.07, 6.45) is 0. The van der Waals surface area contributed by atoms with Crippen molar-refractivity contribution in [3.8, 4) is 11.5 Å². The molecule has 2 rings (SSSR count). The third kappa shape index (κ3) is 4.44. The lowest BCUT2D eigenvalue weighted by atomic mass is 10.0. The van der Waals surface area contributed by atoms with E-state index in [1.165, 1.54) is 24.3 Å². The second kappa shape index (κ2) is 7.77. The molecule has 24 heavy (non-hydrogen) atoms. The molecule has 128 valence electrons. The van der Waals surface area contributed by atoms with Gasteiger partial charge in [0.25, 0.3) is 5.91 Å². The average Bonchev–Trinajstić information content (AvgIpc) is 2.54. The molecule has 0 bridgehead atoms. The van der Waals surface area contributed by atoms with E-state index in [0.717, 1.165) is 11.1 Å². The van der Waals surface area contributed by atoms with E-state index in [1.807, 2.05) is 32.0 Å². The first-order chi connectivity index (χ1) is 11.4. The molecule has 0 aliphatic heterocycles. The number of rotatable bonds is 6. The van der Waals surface area contributed by atoms with Crippen molar-refractivity contribution >= 4 is 5.91 Å². The van der Waals surface area contributed by atoms with Gasteiger partial charge in [-0.05, 0) is 38.1 Å². The van der Waals surface area contributed by atoms with Crippen molar-refractivity contribution in [2.45, 2.75) is 26.5 Å². The minimum Gasteiger partial charge on any atom is -0.496 e. The Morgan fingerprint density at radius 3 is 2.58 bits per heavy atom. The van der Waals surface area contributed by atoms with E-state index in [1.54, 1.807) is 7.11 Å². The highest BCUT2D eigenvalue weighted by molar-refractivity contribution is 5.94. The van der Waals surface area contributed by atoms with E-state index in [0.29, 0.717) is 5.75 Å². The monoisotopic (exact) mass is 335 g/mol. The number of halogens is 2. The summed E-state index contributed by atoms with van der Waals surface area (Å²) < 4.78 is 34.2. The molecule has 2 aromatic carbocycles. The van der Waals surface area contributed by atoms with Crippen LogP contribution in [0.2, 0.25) is 0 Å². The van der Waals surface area contributed by atoms with Gasteiger partial charge in [0.15, 0.2) is 0 Å². The highest BCUT2D eigenvalue weighted by atomic mass is 19.3. The number of carbonyl (C=O) groups is 1. The molecule has 1 N–H and O–H groups in total. The molecule has 0 aromatic heterocycles. The minimum absolute atomic E-state index is 0.0570. The number of hydrogen-bond acceptors (Lipinski definition) is 3. The van der Waals surface area contributed by atoms with Crippen molar-refractivity contribution in [2.24, 2.45) is 0 Å². The Hall–Kier alpha value is -2.63. The molecule has 0 fully saturated rings. The minimum atomic E-state index is -2.93. The van der Waals surface area contributed by atoms with Crippen LogP contribution in [-0.4, -0.2) is 19.6 Å². The molecule has 0 saturated heterocycles. The molecular formula is C18H19F2NO3. The van der Waals surface area contributed by atoms with Gasteiger partial charge in [0.1, 0.15) is 11.5 Å². The fourth-order valence-electron chi connectivity index (χ4n) is 2.36. The quantitative estimate of drug-likeness (QED) is 0.865.